The Kier molecular flexibility index (Phi) is 2.94. The second-order valence-electron chi connectivity index (χ2n) is 5.61. The van der Waals surface area contributed by atoms with Crippen LogP contribution in [0.4, 0.5) is 5.69 Å². The standard InChI is InChI=1S/C18H14N2O3/c21-17(13-5-3-6-15-11(13)8-9-19-15)20-10-14(18(22)23)12-4-1-2-7-16(12)20/h1-9,14,19H,10H2,(H,22,23). The molecule has 1 atom stereocenters. The van der Waals surface area contributed by atoms with Crippen molar-refractivity contribution in [2.45, 2.75) is 5.92 Å². The molecule has 0 aliphatic carbocycles. The van der Waals surface area contributed by atoms with Crippen LogP contribution in [0.5, 0.6) is 0 Å². The maximum Gasteiger partial charge on any atom is 0.312 e. The number of aromatic nitrogens is 1. The molecule has 5 nitrogen and oxygen atoms in total. The number of amides is 1. The number of nitrogens with one attached hydrogen (secondary N) is 1. The van der Waals surface area contributed by atoms with E-state index in [0.29, 0.717) is 16.8 Å². The smallest absolute Gasteiger partial charge is 0.312 e. The molecule has 2 aromatic carbocycles. The number of carbonyl (C=O) groups excluding carboxylic acids is 1. The number of hydrogen-bond donors (Lipinski definition) is 2. The number of rotatable bonds is 2. The lowest BCUT2D eigenvalue weighted by atomic mass is 10.0. The second kappa shape index (κ2) is 4.98. The predicted octanol–water partition coefficient (Wildman–Crippen LogP) is 3.00. The summed E-state index contributed by atoms with van der Waals surface area (Å²) in [5.74, 6) is -1.76. The molecule has 1 unspecified atom stereocenters. The van der Waals surface area contributed by atoms with Gasteiger partial charge >= 0.3 is 5.97 Å². The van der Waals surface area contributed by atoms with E-state index in [9.17, 15) is 14.7 Å². The summed E-state index contributed by atoms with van der Waals surface area (Å²) in [5.41, 5.74) is 2.83. The molecule has 0 spiro atoms. The zero-order chi connectivity index (χ0) is 16.0. The van der Waals surface area contributed by atoms with Crippen molar-refractivity contribution < 1.29 is 14.7 Å². The number of H-pyrrole nitrogens is 1. The van der Waals surface area contributed by atoms with E-state index in [1.54, 1.807) is 35.4 Å². The molecule has 0 radical (unpaired) electrons. The predicted molar refractivity (Wildman–Crippen MR) is 86.8 cm³/mol. The summed E-state index contributed by atoms with van der Waals surface area (Å²) in [6, 6.07) is 14.6. The lowest BCUT2D eigenvalue weighted by molar-refractivity contribution is -0.138. The van der Waals surface area contributed by atoms with Crippen LogP contribution in [-0.4, -0.2) is 28.5 Å². The average molecular weight is 306 g/mol. The lowest BCUT2D eigenvalue weighted by Crippen LogP contribution is -2.31. The number of aliphatic carboxylic acids is 1. The van der Waals surface area contributed by atoms with E-state index in [4.69, 9.17) is 0 Å². The molecule has 1 aliphatic rings. The van der Waals surface area contributed by atoms with Gasteiger partial charge in [0.1, 0.15) is 5.92 Å². The third-order valence-corrected chi connectivity index (χ3v) is 4.34. The van der Waals surface area contributed by atoms with Gasteiger partial charge in [-0.2, -0.15) is 0 Å². The van der Waals surface area contributed by atoms with Crippen molar-refractivity contribution in [1.29, 1.82) is 0 Å². The van der Waals surface area contributed by atoms with Crippen molar-refractivity contribution in [3.63, 3.8) is 0 Å². The minimum atomic E-state index is -0.910. The van der Waals surface area contributed by atoms with Crippen molar-refractivity contribution in [1.82, 2.24) is 4.98 Å². The van der Waals surface area contributed by atoms with Crippen molar-refractivity contribution in [3.05, 3.63) is 65.9 Å². The minimum absolute atomic E-state index is 0.161. The van der Waals surface area contributed by atoms with Crippen LogP contribution in [0.25, 0.3) is 10.9 Å². The fourth-order valence-electron chi connectivity index (χ4n) is 3.23. The van der Waals surface area contributed by atoms with Crippen molar-refractivity contribution in [2.75, 3.05) is 11.4 Å². The molecule has 2 heterocycles. The normalized spacial score (nSPS) is 16.5. The van der Waals surface area contributed by atoms with Crippen LogP contribution in [0.3, 0.4) is 0 Å². The molecule has 5 heteroatoms. The third kappa shape index (κ3) is 2.01. The second-order valence-corrected chi connectivity index (χ2v) is 5.61. The van der Waals surface area contributed by atoms with E-state index in [2.05, 4.69) is 4.98 Å². The molecule has 3 aromatic rings. The van der Waals surface area contributed by atoms with Crippen molar-refractivity contribution in [3.8, 4) is 0 Å². The third-order valence-electron chi connectivity index (χ3n) is 4.34. The highest BCUT2D eigenvalue weighted by Crippen LogP contribution is 2.37. The topological polar surface area (TPSA) is 73.4 Å². The highest BCUT2D eigenvalue weighted by atomic mass is 16.4. The minimum Gasteiger partial charge on any atom is -0.481 e. The van der Waals surface area contributed by atoms with Crippen LogP contribution >= 0.6 is 0 Å². The SMILES string of the molecule is O=C(O)C1CN(C(=O)c2cccc3[nH]ccc23)c2ccccc21. The number of benzene rings is 2. The van der Waals surface area contributed by atoms with Gasteiger partial charge in [0.05, 0.1) is 0 Å². The largest absolute Gasteiger partial charge is 0.481 e. The van der Waals surface area contributed by atoms with Gasteiger partial charge in [-0.3, -0.25) is 9.59 Å². The molecule has 23 heavy (non-hydrogen) atoms. The number of para-hydroxylation sites is 1. The van der Waals surface area contributed by atoms with Gasteiger partial charge in [-0.1, -0.05) is 24.3 Å². The molecule has 1 amide bonds. The van der Waals surface area contributed by atoms with Gasteiger partial charge in [-0.25, -0.2) is 0 Å². The molecule has 0 fully saturated rings. The summed E-state index contributed by atoms with van der Waals surface area (Å²) >= 11 is 0. The van der Waals surface area contributed by atoms with Gasteiger partial charge in [0.2, 0.25) is 0 Å². The van der Waals surface area contributed by atoms with Gasteiger partial charge in [0.15, 0.2) is 0 Å². The van der Waals surface area contributed by atoms with E-state index < -0.39 is 11.9 Å². The van der Waals surface area contributed by atoms with Crippen LogP contribution < -0.4 is 4.90 Å². The first-order chi connectivity index (χ1) is 11.2. The first-order valence-electron chi connectivity index (χ1n) is 7.36. The Morgan fingerprint density at radius 2 is 1.91 bits per heavy atom. The van der Waals surface area contributed by atoms with E-state index in [0.717, 1.165) is 10.9 Å². The van der Waals surface area contributed by atoms with Gasteiger partial charge in [0, 0.05) is 34.9 Å². The molecule has 0 saturated heterocycles. The molecule has 4 rings (SSSR count). The van der Waals surface area contributed by atoms with Crippen LogP contribution in [0.1, 0.15) is 21.8 Å². The van der Waals surface area contributed by atoms with E-state index in [1.165, 1.54) is 0 Å². The summed E-state index contributed by atoms with van der Waals surface area (Å²) in [5, 5.41) is 10.3. The molecule has 0 saturated carbocycles. The van der Waals surface area contributed by atoms with Crippen LogP contribution in [0.15, 0.2) is 54.7 Å². The Hall–Kier alpha value is -3.08. The van der Waals surface area contributed by atoms with E-state index in [1.807, 2.05) is 24.3 Å². The lowest BCUT2D eigenvalue weighted by Gasteiger charge is -2.18. The first-order valence-corrected chi connectivity index (χ1v) is 7.36. The quantitative estimate of drug-likeness (QED) is 0.764. The van der Waals surface area contributed by atoms with Gasteiger partial charge in [-0.15, -0.1) is 0 Å². The summed E-state index contributed by atoms with van der Waals surface area (Å²) in [6.45, 7) is 0.161. The zero-order valence-corrected chi connectivity index (χ0v) is 12.2. The summed E-state index contributed by atoms with van der Waals surface area (Å²) in [7, 11) is 0. The Bertz CT molecular complexity index is 929. The maximum atomic E-state index is 13.0. The molecule has 1 aromatic heterocycles. The number of carboxylic acids is 1. The monoisotopic (exact) mass is 306 g/mol. The fourth-order valence-corrected chi connectivity index (χ4v) is 3.23. The van der Waals surface area contributed by atoms with Gasteiger partial charge in [-0.05, 0) is 29.8 Å². The number of aromatic amines is 1. The summed E-state index contributed by atoms with van der Waals surface area (Å²) < 4.78 is 0. The van der Waals surface area contributed by atoms with Crippen molar-refractivity contribution >= 4 is 28.5 Å². The van der Waals surface area contributed by atoms with E-state index >= 15 is 0 Å². The maximum absolute atomic E-state index is 13.0. The summed E-state index contributed by atoms with van der Waals surface area (Å²) in [6.07, 6.45) is 1.79. The molecular formula is C18H14N2O3. The average Bonchev–Trinajstić information content (AvgIpc) is 3.18. The van der Waals surface area contributed by atoms with Gasteiger partial charge < -0.3 is 15.0 Å². The fraction of sp³-hybridized carbons (Fsp3) is 0.111. The number of hydrogen-bond acceptors (Lipinski definition) is 2. The Morgan fingerprint density at radius 3 is 2.74 bits per heavy atom. The van der Waals surface area contributed by atoms with Crippen molar-refractivity contribution in [2.24, 2.45) is 0 Å². The highest BCUT2D eigenvalue weighted by molar-refractivity contribution is 6.15. The molecule has 2 N–H and O–H groups in total. The Labute approximate surface area is 132 Å². The number of nitrogens with zero attached hydrogens (tertiary/aromatic N) is 1. The zero-order valence-electron chi connectivity index (χ0n) is 12.2. The first kappa shape index (κ1) is 13.6. The van der Waals surface area contributed by atoms with Crippen LogP contribution in [0, 0.1) is 0 Å². The number of carboxylic acid groups (broad SMARTS) is 1. The molecular weight excluding hydrogens is 292 g/mol. The molecule has 0 bridgehead atoms. The summed E-state index contributed by atoms with van der Waals surface area (Å²) in [4.78, 5) is 29.2. The number of anilines is 1. The van der Waals surface area contributed by atoms with Crippen LogP contribution in [-0.2, 0) is 4.79 Å². The van der Waals surface area contributed by atoms with Crippen LogP contribution in [0.2, 0.25) is 0 Å². The Morgan fingerprint density at radius 1 is 1.09 bits per heavy atom. The highest BCUT2D eigenvalue weighted by Gasteiger charge is 2.36. The molecule has 114 valence electrons. The Balaban J connectivity index is 1.81. The van der Waals surface area contributed by atoms with E-state index in [-0.39, 0.29) is 12.5 Å². The van der Waals surface area contributed by atoms with Gasteiger partial charge in [0.25, 0.3) is 5.91 Å². The molecule has 1 aliphatic heterocycles. The number of fused-ring (bicyclic) bond motifs is 2. The number of carbonyl (C=O) groups is 2.